The number of para-hydroxylation sites is 2. The van der Waals surface area contributed by atoms with E-state index < -0.39 is 0 Å². The molecular weight excluding hydrogens is 438 g/mol. The summed E-state index contributed by atoms with van der Waals surface area (Å²) in [7, 11) is 3.41. The van der Waals surface area contributed by atoms with Gasteiger partial charge in [0.2, 0.25) is 5.91 Å². The Labute approximate surface area is 207 Å². The lowest BCUT2D eigenvalue weighted by Crippen LogP contribution is -2.61. The van der Waals surface area contributed by atoms with Crippen molar-refractivity contribution >= 4 is 17.3 Å². The summed E-state index contributed by atoms with van der Waals surface area (Å²) in [4.78, 5) is 18.3. The summed E-state index contributed by atoms with van der Waals surface area (Å²) in [6.07, 6.45) is 1.55. The molecule has 2 aliphatic rings. The van der Waals surface area contributed by atoms with Gasteiger partial charge in [-0.25, -0.2) is 0 Å². The van der Waals surface area contributed by atoms with Crippen molar-refractivity contribution in [3.05, 3.63) is 83.9 Å². The summed E-state index contributed by atoms with van der Waals surface area (Å²) in [5, 5.41) is 3.23. The normalized spacial score (nSPS) is 18.9. The minimum Gasteiger partial charge on any atom is -0.497 e. The highest BCUT2D eigenvalue weighted by molar-refractivity contribution is 5.82. The predicted molar refractivity (Wildman–Crippen MR) is 140 cm³/mol. The molecule has 1 fully saturated rings. The molecular formula is C29H33N3O3. The number of piperazine rings is 1. The van der Waals surface area contributed by atoms with Crippen LogP contribution in [0.25, 0.3) is 0 Å². The van der Waals surface area contributed by atoms with Crippen LogP contribution < -0.4 is 24.6 Å². The van der Waals surface area contributed by atoms with Gasteiger partial charge >= 0.3 is 0 Å². The molecule has 0 aliphatic carbocycles. The number of carbonyl (C=O) groups excluding carboxylic acids is 1. The number of methoxy groups -OCH3 is 2. The molecule has 0 aromatic heterocycles. The second kappa shape index (κ2) is 10.3. The van der Waals surface area contributed by atoms with Gasteiger partial charge in [-0.05, 0) is 42.2 Å². The minimum atomic E-state index is -0.135. The average molecular weight is 472 g/mol. The standard InChI is InChI=1S/C29H33N3O3/c1-34-23-13-12-22-18-24(29(33)30-15-14-21-8-4-3-5-9-21)27-20-31(16-17-32(27)26(22)19-23)25-10-6-7-11-28(25)35-2/h3-13,19,24,27H,14-18,20H2,1-2H3,(H,30,33)/t24-,27+/m1/s1. The van der Waals surface area contributed by atoms with Crippen LogP contribution in [0, 0.1) is 5.92 Å². The van der Waals surface area contributed by atoms with Gasteiger partial charge in [-0.1, -0.05) is 48.5 Å². The zero-order chi connectivity index (χ0) is 24.2. The zero-order valence-corrected chi connectivity index (χ0v) is 20.4. The minimum absolute atomic E-state index is 0.0602. The molecule has 2 aliphatic heterocycles. The van der Waals surface area contributed by atoms with Crippen LogP contribution in [0.5, 0.6) is 11.5 Å². The van der Waals surface area contributed by atoms with Crippen molar-refractivity contribution in [2.75, 3.05) is 50.2 Å². The second-order valence-electron chi connectivity index (χ2n) is 9.21. The van der Waals surface area contributed by atoms with Crippen molar-refractivity contribution in [3.8, 4) is 11.5 Å². The maximum atomic E-state index is 13.5. The van der Waals surface area contributed by atoms with Gasteiger partial charge in [0.05, 0.1) is 31.9 Å². The van der Waals surface area contributed by atoms with Crippen LogP contribution in [0.15, 0.2) is 72.8 Å². The number of amides is 1. The van der Waals surface area contributed by atoms with Gasteiger partial charge in [-0.15, -0.1) is 0 Å². The number of nitrogens with zero attached hydrogens (tertiary/aromatic N) is 2. The van der Waals surface area contributed by atoms with Gasteiger partial charge in [-0.2, -0.15) is 0 Å². The number of rotatable bonds is 7. The lowest BCUT2D eigenvalue weighted by atomic mass is 9.83. The van der Waals surface area contributed by atoms with E-state index in [0.717, 1.165) is 49.7 Å². The van der Waals surface area contributed by atoms with E-state index in [9.17, 15) is 4.79 Å². The van der Waals surface area contributed by atoms with Crippen molar-refractivity contribution in [1.82, 2.24) is 5.32 Å². The van der Waals surface area contributed by atoms with E-state index in [0.29, 0.717) is 6.54 Å². The fourth-order valence-electron chi connectivity index (χ4n) is 5.42. The molecule has 6 nitrogen and oxygen atoms in total. The van der Waals surface area contributed by atoms with E-state index >= 15 is 0 Å². The maximum absolute atomic E-state index is 13.5. The Morgan fingerprint density at radius 1 is 0.943 bits per heavy atom. The van der Waals surface area contributed by atoms with Crippen LogP contribution in [-0.4, -0.2) is 52.3 Å². The largest absolute Gasteiger partial charge is 0.497 e. The Morgan fingerprint density at radius 3 is 2.54 bits per heavy atom. The van der Waals surface area contributed by atoms with E-state index in [4.69, 9.17) is 9.47 Å². The SMILES string of the molecule is COc1ccc2c(c1)N1CCN(c3ccccc3OC)C[C@H]1[C@H](C(=O)NCCc1ccccc1)C2. The number of anilines is 2. The number of hydrogen-bond acceptors (Lipinski definition) is 5. The van der Waals surface area contributed by atoms with Crippen LogP contribution in [-0.2, 0) is 17.6 Å². The molecule has 1 saturated heterocycles. The van der Waals surface area contributed by atoms with E-state index in [1.807, 2.05) is 42.5 Å². The van der Waals surface area contributed by atoms with Crippen LogP contribution in [0.2, 0.25) is 0 Å². The first-order valence-electron chi connectivity index (χ1n) is 12.3. The Hall–Kier alpha value is -3.67. The molecule has 0 radical (unpaired) electrons. The van der Waals surface area contributed by atoms with Crippen LogP contribution in [0.3, 0.4) is 0 Å². The fraction of sp³-hybridized carbons (Fsp3) is 0.345. The molecule has 2 atom stereocenters. The first-order valence-corrected chi connectivity index (χ1v) is 12.3. The van der Waals surface area contributed by atoms with Gasteiger partial charge in [0, 0.05) is 37.9 Å². The average Bonchev–Trinajstić information content (AvgIpc) is 2.92. The molecule has 0 unspecified atom stereocenters. The van der Waals surface area contributed by atoms with E-state index in [1.54, 1.807) is 14.2 Å². The molecule has 1 N–H and O–H groups in total. The number of carbonyl (C=O) groups is 1. The predicted octanol–water partition coefficient (Wildman–Crippen LogP) is 3.93. The number of hydrogen-bond donors (Lipinski definition) is 1. The fourth-order valence-corrected chi connectivity index (χ4v) is 5.42. The highest BCUT2D eigenvalue weighted by atomic mass is 16.5. The third kappa shape index (κ3) is 4.78. The monoisotopic (exact) mass is 471 g/mol. The third-order valence-corrected chi connectivity index (χ3v) is 7.24. The first kappa shape index (κ1) is 23.1. The van der Waals surface area contributed by atoms with Crippen molar-refractivity contribution < 1.29 is 14.3 Å². The van der Waals surface area contributed by atoms with Gasteiger partial charge in [0.15, 0.2) is 0 Å². The van der Waals surface area contributed by atoms with Crippen molar-refractivity contribution in [2.45, 2.75) is 18.9 Å². The molecule has 1 amide bonds. The number of fused-ring (bicyclic) bond motifs is 3. The number of benzene rings is 3. The maximum Gasteiger partial charge on any atom is 0.225 e. The Morgan fingerprint density at radius 2 is 1.74 bits per heavy atom. The lowest BCUT2D eigenvalue weighted by molar-refractivity contribution is -0.125. The van der Waals surface area contributed by atoms with Crippen LogP contribution in [0.1, 0.15) is 11.1 Å². The Bertz CT molecular complexity index is 1170. The van der Waals surface area contributed by atoms with Gasteiger partial charge < -0.3 is 24.6 Å². The Balaban J connectivity index is 1.39. The molecule has 35 heavy (non-hydrogen) atoms. The molecule has 0 bridgehead atoms. The summed E-state index contributed by atoms with van der Waals surface area (Å²) < 4.78 is 11.2. The topological polar surface area (TPSA) is 54.0 Å². The third-order valence-electron chi connectivity index (χ3n) is 7.24. The van der Waals surface area contributed by atoms with Gasteiger partial charge in [-0.3, -0.25) is 4.79 Å². The van der Waals surface area contributed by atoms with E-state index in [1.165, 1.54) is 16.8 Å². The summed E-state index contributed by atoms with van der Waals surface area (Å²) >= 11 is 0. The van der Waals surface area contributed by atoms with E-state index in [-0.39, 0.29) is 17.9 Å². The summed E-state index contributed by atoms with van der Waals surface area (Å²) in [5.41, 5.74) is 4.70. The first-order chi connectivity index (χ1) is 17.2. The molecule has 3 aromatic carbocycles. The highest BCUT2D eigenvalue weighted by Gasteiger charge is 2.42. The molecule has 0 saturated carbocycles. The quantitative estimate of drug-likeness (QED) is 0.566. The van der Waals surface area contributed by atoms with Crippen LogP contribution in [0.4, 0.5) is 11.4 Å². The molecule has 3 aromatic rings. The van der Waals surface area contributed by atoms with Crippen LogP contribution >= 0.6 is 0 Å². The second-order valence-corrected chi connectivity index (χ2v) is 9.21. The van der Waals surface area contributed by atoms with Crippen molar-refractivity contribution in [2.24, 2.45) is 5.92 Å². The number of nitrogens with one attached hydrogen (secondary N) is 1. The van der Waals surface area contributed by atoms with Gasteiger partial charge in [0.25, 0.3) is 0 Å². The highest BCUT2D eigenvalue weighted by Crippen LogP contribution is 2.40. The smallest absolute Gasteiger partial charge is 0.225 e. The molecule has 5 rings (SSSR count). The number of ether oxygens (including phenoxy) is 2. The van der Waals surface area contributed by atoms with Crippen molar-refractivity contribution in [1.29, 1.82) is 0 Å². The molecule has 182 valence electrons. The molecule has 0 spiro atoms. The zero-order valence-electron chi connectivity index (χ0n) is 20.4. The van der Waals surface area contributed by atoms with Crippen molar-refractivity contribution in [3.63, 3.8) is 0 Å². The molecule has 2 heterocycles. The van der Waals surface area contributed by atoms with E-state index in [2.05, 4.69) is 45.4 Å². The Kier molecular flexibility index (Phi) is 6.80. The molecule has 6 heteroatoms. The summed E-state index contributed by atoms with van der Waals surface area (Å²) in [6, 6.07) is 24.7. The van der Waals surface area contributed by atoms with Gasteiger partial charge in [0.1, 0.15) is 11.5 Å². The summed E-state index contributed by atoms with van der Waals surface area (Å²) in [5.74, 6) is 1.70. The lowest BCUT2D eigenvalue weighted by Gasteiger charge is -2.49. The summed E-state index contributed by atoms with van der Waals surface area (Å²) in [6.45, 7) is 3.08.